The Morgan fingerprint density at radius 2 is 1.96 bits per heavy atom. The average molecular weight is 416 g/mol. The number of aromatic nitrogens is 2. The van der Waals surface area contributed by atoms with E-state index in [2.05, 4.69) is 26.3 Å². The van der Waals surface area contributed by atoms with Gasteiger partial charge in [0.15, 0.2) is 0 Å². The molecule has 8 heteroatoms. The summed E-state index contributed by atoms with van der Waals surface area (Å²) in [4.78, 5) is 12.2. The lowest BCUT2D eigenvalue weighted by atomic mass is 10.1. The van der Waals surface area contributed by atoms with Gasteiger partial charge in [0.1, 0.15) is 18.1 Å². The molecule has 0 bridgehead atoms. The van der Waals surface area contributed by atoms with Gasteiger partial charge in [-0.05, 0) is 44.0 Å². The molecule has 0 aliphatic carbocycles. The number of amides is 1. The van der Waals surface area contributed by atoms with Gasteiger partial charge in [0, 0.05) is 17.7 Å². The molecule has 136 valence electrons. The zero-order valence-electron chi connectivity index (χ0n) is 14.4. The van der Waals surface area contributed by atoms with E-state index in [0.717, 1.165) is 21.3 Å². The third-order valence-electron chi connectivity index (χ3n) is 3.59. The fraction of sp³-hybridized carbons (Fsp3) is 0.412. The van der Waals surface area contributed by atoms with E-state index in [9.17, 15) is 13.6 Å². The van der Waals surface area contributed by atoms with Crippen molar-refractivity contribution in [1.29, 1.82) is 0 Å². The van der Waals surface area contributed by atoms with Crippen molar-refractivity contribution in [3.05, 3.63) is 45.2 Å². The molecule has 1 N–H and O–H groups in total. The van der Waals surface area contributed by atoms with Gasteiger partial charge in [-0.25, -0.2) is 8.78 Å². The highest BCUT2D eigenvalue weighted by molar-refractivity contribution is 9.10. The minimum absolute atomic E-state index is 0.125. The molecule has 25 heavy (non-hydrogen) atoms. The number of aryl methyl sites for hydroxylation is 3. The second-order valence-electron chi connectivity index (χ2n) is 5.96. The monoisotopic (exact) mass is 415 g/mol. The molecule has 0 saturated heterocycles. The van der Waals surface area contributed by atoms with Crippen LogP contribution in [0.15, 0.2) is 22.8 Å². The van der Waals surface area contributed by atoms with Crippen molar-refractivity contribution in [2.45, 2.75) is 33.2 Å². The van der Waals surface area contributed by atoms with E-state index in [1.165, 1.54) is 17.9 Å². The van der Waals surface area contributed by atoms with Crippen LogP contribution in [-0.4, -0.2) is 28.3 Å². The van der Waals surface area contributed by atoms with Gasteiger partial charge in [-0.2, -0.15) is 5.10 Å². The lowest BCUT2D eigenvalue weighted by molar-refractivity contribution is 0.0912. The Hall–Kier alpha value is -1.96. The molecule has 0 saturated carbocycles. The molecule has 0 aliphatic rings. The Bertz CT molecular complexity index is 754. The van der Waals surface area contributed by atoms with Crippen molar-refractivity contribution in [2.75, 3.05) is 6.61 Å². The Kier molecular flexibility index (Phi) is 6.16. The number of nitrogens with one attached hydrogen (secondary N) is 1. The highest BCUT2D eigenvalue weighted by Gasteiger charge is 2.23. The second-order valence-corrected chi connectivity index (χ2v) is 6.87. The van der Waals surface area contributed by atoms with Gasteiger partial charge in [-0.1, -0.05) is 15.9 Å². The van der Waals surface area contributed by atoms with Crippen LogP contribution >= 0.6 is 15.9 Å². The van der Waals surface area contributed by atoms with Crippen molar-refractivity contribution >= 4 is 21.8 Å². The van der Waals surface area contributed by atoms with Crippen LogP contribution in [0.25, 0.3) is 0 Å². The van der Waals surface area contributed by atoms with E-state index in [4.69, 9.17) is 4.74 Å². The molecule has 0 radical (unpaired) electrons. The first kappa shape index (κ1) is 19.4. The lowest BCUT2D eigenvalue weighted by Gasteiger charge is -2.18. The number of hydrogen-bond donors (Lipinski definition) is 1. The van der Waals surface area contributed by atoms with Crippen molar-refractivity contribution in [3.63, 3.8) is 0 Å². The minimum Gasteiger partial charge on any atom is -0.491 e. The van der Waals surface area contributed by atoms with Crippen LogP contribution in [0.5, 0.6) is 5.75 Å². The van der Waals surface area contributed by atoms with E-state index in [0.29, 0.717) is 0 Å². The lowest BCUT2D eigenvalue weighted by Crippen LogP contribution is -2.37. The van der Waals surface area contributed by atoms with Gasteiger partial charge in [-0.3, -0.25) is 9.48 Å². The van der Waals surface area contributed by atoms with E-state index >= 15 is 0 Å². The summed E-state index contributed by atoms with van der Waals surface area (Å²) in [6, 6.07) is 3.52. The third kappa shape index (κ3) is 4.78. The first-order valence-corrected chi connectivity index (χ1v) is 8.50. The summed E-state index contributed by atoms with van der Waals surface area (Å²) in [5, 5.41) is 6.30. The molecule has 1 amide bonds. The van der Waals surface area contributed by atoms with E-state index < -0.39 is 18.0 Å². The molecule has 5 nitrogen and oxygen atoms in total. The fourth-order valence-corrected chi connectivity index (χ4v) is 3.21. The van der Waals surface area contributed by atoms with E-state index in [1.54, 1.807) is 6.92 Å². The van der Waals surface area contributed by atoms with Crippen LogP contribution in [0.4, 0.5) is 8.78 Å². The van der Waals surface area contributed by atoms with Crippen molar-refractivity contribution in [3.8, 4) is 5.75 Å². The zero-order chi connectivity index (χ0) is 18.7. The number of carbonyl (C=O) groups excluding carboxylic acids is 1. The molecule has 0 spiro atoms. The summed E-state index contributed by atoms with van der Waals surface area (Å²) in [5.41, 5.74) is 1.29. The first-order chi connectivity index (χ1) is 11.7. The van der Waals surface area contributed by atoms with Gasteiger partial charge >= 0.3 is 0 Å². The smallest absolute Gasteiger partial charge is 0.282 e. The summed E-state index contributed by atoms with van der Waals surface area (Å²) >= 11 is 3.42. The van der Waals surface area contributed by atoms with Gasteiger partial charge in [0.25, 0.3) is 12.3 Å². The maximum absolute atomic E-state index is 12.9. The number of halogens is 3. The number of nitrogens with zero attached hydrogens (tertiary/aromatic N) is 2. The maximum atomic E-state index is 12.9. The van der Waals surface area contributed by atoms with Crippen molar-refractivity contribution < 1.29 is 18.3 Å². The third-order valence-corrected chi connectivity index (χ3v) is 4.05. The molecule has 2 aromatic rings. The molecule has 2 rings (SSSR count). The van der Waals surface area contributed by atoms with Crippen LogP contribution in [0.3, 0.4) is 0 Å². The molecule has 1 atom stereocenters. The Morgan fingerprint density at radius 3 is 2.52 bits per heavy atom. The molecular formula is C17H20BrF2N3O2. The molecule has 1 aromatic heterocycles. The minimum atomic E-state index is -2.80. The van der Waals surface area contributed by atoms with Gasteiger partial charge in [-0.15, -0.1) is 0 Å². The summed E-state index contributed by atoms with van der Waals surface area (Å²) in [5.74, 6) is 0.155. The topological polar surface area (TPSA) is 56.1 Å². The summed E-state index contributed by atoms with van der Waals surface area (Å²) in [7, 11) is 1.49. The van der Waals surface area contributed by atoms with Crippen molar-refractivity contribution in [1.82, 2.24) is 15.1 Å². The number of hydrogen-bond acceptors (Lipinski definition) is 3. The number of rotatable bonds is 6. The number of benzene rings is 1. The van der Waals surface area contributed by atoms with Crippen LogP contribution in [0.2, 0.25) is 0 Å². The number of alkyl halides is 2. The highest BCUT2D eigenvalue weighted by Crippen LogP contribution is 2.27. The number of carbonyl (C=O) groups is 1. The van der Waals surface area contributed by atoms with E-state index in [1.807, 2.05) is 26.0 Å². The van der Waals surface area contributed by atoms with E-state index in [-0.39, 0.29) is 18.2 Å². The molecule has 1 heterocycles. The Balaban J connectivity index is 2.01. The fourth-order valence-electron chi connectivity index (χ4n) is 2.52. The molecular weight excluding hydrogens is 396 g/mol. The largest absolute Gasteiger partial charge is 0.491 e. The highest BCUT2D eigenvalue weighted by atomic mass is 79.9. The summed E-state index contributed by atoms with van der Waals surface area (Å²) < 4.78 is 33.9. The van der Waals surface area contributed by atoms with Crippen LogP contribution in [0.1, 0.15) is 40.5 Å². The van der Waals surface area contributed by atoms with Crippen LogP contribution in [-0.2, 0) is 7.05 Å². The summed E-state index contributed by atoms with van der Waals surface area (Å²) in [6.07, 6.45) is -1.52. The molecule has 0 fully saturated rings. The zero-order valence-corrected chi connectivity index (χ0v) is 16.0. The maximum Gasteiger partial charge on any atom is 0.282 e. The predicted molar refractivity (Wildman–Crippen MR) is 94.2 cm³/mol. The van der Waals surface area contributed by atoms with Gasteiger partial charge < -0.3 is 10.1 Å². The standard InChI is InChI=1S/C17H20BrF2N3O2/c1-9-5-12(18)6-10(2)15(9)25-8-11(3)21-17(24)13-7-23(4)22-14(13)16(19)20/h5-7,11,16H,8H2,1-4H3,(H,21,24). The molecule has 0 aliphatic heterocycles. The molecule has 1 unspecified atom stereocenters. The van der Waals surface area contributed by atoms with Crippen molar-refractivity contribution in [2.24, 2.45) is 7.05 Å². The number of ether oxygens (including phenoxy) is 1. The van der Waals surface area contributed by atoms with Crippen LogP contribution < -0.4 is 10.1 Å². The average Bonchev–Trinajstić information content (AvgIpc) is 2.88. The Morgan fingerprint density at radius 1 is 1.36 bits per heavy atom. The first-order valence-electron chi connectivity index (χ1n) is 7.71. The summed E-state index contributed by atoms with van der Waals surface area (Å²) in [6.45, 7) is 5.83. The SMILES string of the molecule is Cc1cc(Br)cc(C)c1OCC(C)NC(=O)c1cn(C)nc1C(F)F. The molecule has 1 aromatic carbocycles. The quantitative estimate of drug-likeness (QED) is 0.777. The second kappa shape index (κ2) is 7.95. The predicted octanol–water partition coefficient (Wildman–Crippen LogP) is 3.93. The van der Waals surface area contributed by atoms with Crippen LogP contribution in [0, 0.1) is 13.8 Å². The Labute approximate surface area is 153 Å². The van der Waals surface area contributed by atoms with Gasteiger partial charge in [0.05, 0.1) is 11.6 Å². The van der Waals surface area contributed by atoms with Gasteiger partial charge in [0.2, 0.25) is 0 Å². The normalized spacial score (nSPS) is 12.3.